The quantitative estimate of drug-likeness (QED) is 0.758. The van der Waals surface area contributed by atoms with E-state index in [0.29, 0.717) is 5.52 Å². The lowest BCUT2D eigenvalue weighted by Crippen LogP contribution is -2.46. The van der Waals surface area contributed by atoms with Crippen LogP contribution in [0.4, 0.5) is 8.78 Å². The maximum Gasteiger partial charge on any atom is 0.326 e. The van der Waals surface area contributed by atoms with Crippen LogP contribution in [0.2, 0.25) is 0 Å². The van der Waals surface area contributed by atoms with Crippen LogP contribution in [0.1, 0.15) is 25.5 Å². The Morgan fingerprint density at radius 3 is 2.37 bits per heavy atom. The van der Waals surface area contributed by atoms with Crippen molar-refractivity contribution < 1.29 is 8.78 Å². The average Bonchev–Trinajstić information content (AvgIpc) is 2.95. The molecule has 0 spiro atoms. The standard InChI is InChI=1S/C21H23F2N3O/c1-13-10-25(12-15-6-4-3-5-7-15)11-14(2)19(13)26-20-17(24-21(26)27)9-8-16(22)18(20)23/h3-9,13-14,19H,10-12H2,1-2H3,(H,24,27). The van der Waals surface area contributed by atoms with Gasteiger partial charge in [-0.1, -0.05) is 44.2 Å². The van der Waals surface area contributed by atoms with Crippen molar-refractivity contribution >= 4 is 11.0 Å². The molecule has 3 aromatic rings. The Bertz CT molecular complexity index is 999. The third-order valence-electron chi connectivity index (χ3n) is 5.58. The highest BCUT2D eigenvalue weighted by atomic mass is 19.2. The maximum atomic E-state index is 14.5. The summed E-state index contributed by atoms with van der Waals surface area (Å²) in [6.07, 6.45) is 0. The number of likely N-dealkylation sites (tertiary alicyclic amines) is 1. The van der Waals surface area contributed by atoms with Gasteiger partial charge in [0.2, 0.25) is 0 Å². The Hall–Kier alpha value is -2.47. The molecule has 1 aromatic heterocycles. The third-order valence-corrected chi connectivity index (χ3v) is 5.58. The van der Waals surface area contributed by atoms with E-state index in [2.05, 4.69) is 35.9 Å². The van der Waals surface area contributed by atoms with Gasteiger partial charge >= 0.3 is 5.69 Å². The molecule has 6 heteroatoms. The Labute approximate surface area is 156 Å². The van der Waals surface area contributed by atoms with Crippen molar-refractivity contribution in [2.24, 2.45) is 11.8 Å². The van der Waals surface area contributed by atoms with Crippen molar-refractivity contribution in [2.45, 2.75) is 26.4 Å². The van der Waals surface area contributed by atoms with E-state index in [1.807, 2.05) is 18.2 Å². The SMILES string of the molecule is CC1CN(Cc2ccccc2)CC(C)C1n1c(=O)[nH]c2ccc(F)c(F)c21. The summed E-state index contributed by atoms with van der Waals surface area (Å²) in [6.45, 7) is 6.56. The number of aromatic nitrogens is 2. The van der Waals surface area contributed by atoms with Gasteiger partial charge in [-0.25, -0.2) is 13.6 Å². The van der Waals surface area contributed by atoms with Gasteiger partial charge < -0.3 is 4.98 Å². The number of fused-ring (bicyclic) bond motifs is 1. The van der Waals surface area contributed by atoms with E-state index in [0.717, 1.165) is 25.7 Å². The largest absolute Gasteiger partial charge is 0.326 e. The van der Waals surface area contributed by atoms with Crippen LogP contribution >= 0.6 is 0 Å². The number of nitrogens with one attached hydrogen (secondary N) is 1. The van der Waals surface area contributed by atoms with E-state index in [1.165, 1.54) is 16.2 Å². The topological polar surface area (TPSA) is 41.0 Å². The third kappa shape index (κ3) is 3.18. The molecule has 2 aromatic carbocycles. The predicted octanol–water partition coefficient (Wildman–Crippen LogP) is 3.94. The summed E-state index contributed by atoms with van der Waals surface area (Å²) in [5.74, 6) is -1.65. The van der Waals surface area contributed by atoms with Gasteiger partial charge in [-0.3, -0.25) is 9.47 Å². The smallest absolute Gasteiger partial charge is 0.305 e. The first-order chi connectivity index (χ1) is 13.0. The molecule has 0 amide bonds. The first kappa shape index (κ1) is 17.9. The zero-order chi connectivity index (χ0) is 19.1. The summed E-state index contributed by atoms with van der Waals surface area (Å²) < 4.78 is 29.7. The van der Waals surface area contributed by atoms with Gasteiger partial charge in [0.15, 0.2) is 11.6 Å². The number of hydrogen-bond acceptors (Lipinski definition) is 2. The molecule has 1 N–H and O–H groups in total. The van der Waals surface area contributed by atoms with Crippen molar-refractivity contribution in [1.82, 2.24) is 14.5 Å². The molecule has 0 radical (unpaired) electrons. The summed E-state index contributed by atoms with van der Waals surface area (Å²) >= 11 is 0. The first-order valence-corrected chi connectivity index (χ1v) is 9.30. The highest BCUT2D eigenvalue weighted by molar-refractivity contribution is 5.76. The number of imidazole rings is 1. The molecular formula is C21H23F2N3O. The summed E-state index contributed by atoms with van der Waals surface area (Å²) in [5.41, 5.74) is 1.24. The number of benzene rings is 2. The second-order valence-electron chi connectivity index (χ2n) is 7.68. The van der Waals surface area contributed by atoms with Crippen molar-refractivity contribution in [3.05, 3.63) is 70.1 Å². The lowest BCUT2D eigenvalue weighted by Gasteiger charge is -2.42. The minimum atomic E-state index is -0.961. The summed E-state index contributed by atoms with van der Waals surface area (Å²) in [4.78, 5) is 17.6. The number of hydrogen-bond donors (Lipinski definition) is 1. The van der Waals surface area contributed by atoms with E-state index < -0.39 is 11.6 Å². The number of aromatic amines is 1. The zero-order valence-corrected chi connectivity index (χ0v) is 15.5. The molecular weight excluding hydrogens is 348 g/mol. The van der Waals surface area contributed by atoms with Crippen LogP contribution in [0.15, 0.2) is 47.3 Å². The number of nitrogens with zero attached hydrogens (tertiary/aromatic N) is 2. The first-order valence-electron chi connectivity index (χ1n) is 9.30. The van der Waals surface area contributed by atoms with Crippen LogP contribution in [0.3, 0.4) is 0 Å². The Morgan fingerprint density at radius 2 is 1.70 bits per heavy atom. The fourth-order valence-electron chi connectivity index (χ4n) is 4.58. The van der Waals surface area contributed by atoms with E-state index in [4.69, 9.17) is 0 Å². The van der Waals surface area contributed by atoms with Gasteiger partial charge in [0.25, 0.3) is 0 Å². The molecule has 1 aliphatic rings. The molecule has 4 nitrogen and oxygen atoms in total. The molecule has 2 heterocycles. The molecule has 2 unspecified atom stereocenters. The average molecular weight is 371 g/mol. The lowest BCUT2D eigenvalue weighted by molar-refractivity contribution is 0.0788. The monoisotopic (exact) mass is 371 g/mol. The maximum absolute atomic E-state index is 14.5. The molecule has 0 aliphatic carbocycles. The van der Waals surface area contributed by atoms with Crippen molar-refractivity contribution in [1.29, 1.82) is 0 Å². The van der Waals surface area contributed by atoms with Gasteiger partial charge in [-0.2, -0.15) is 0 Å². The zero-order valence-electron chi connectivity index (χ0n) is 15.5. The molecule has 142 valence electrons. The van der Waals surface area contributed by atoms with E-state index in [1.54, 1.807) is 0 Å². The summed E-state index contributed by atoms with van der Waals surface area (Å²) in [5, 5.41) is 0. The molecule has 1 aliphatic heterocycles. The molecule has 2 atom stereocenters. The van der Waals surface area contributed by atoms with Crippen LogP contribution in [0.25, 0.3) is 11.0 Å². The minimum absolute atomic E-state index is 0.0419. The van der Waals surface area contributed by atoms with Crippen LogP contribution in [0, 0.1) is 23.5 Å². The van der Waals surface area contributed by atoms with E-state index in [9.17, 15) is 13.6 Å². The molecule has 27 heavy (non-hydrogen) atoms. The van der Waals surface area contributed by atoms with Crippen LogP contribution in [-0.4, -0.2) is 27.5 Å². The molecule has 0 bridgehead atoms. The Morgan fingerprint density at radius 1 is 1.04 bits per heavy atom. The van der Waals surface area contributed by atoms with Crippen LogP contribution in [-0.2, 0) is 6.54 Å². The second-order valence-corrected chi connectivity index (χ2v) is 7.68. The highest BCUT2D eigenvalue weighted by Crippen LogP contribution is 2.35. The number of rotatable bonds is 3. The Balaban J connectivity index is 1.66. The van der Waals surface area contributed by atoms with Gasteiger partial charge in [0.1, 0.15) is 5.52 Å². The molecule has 0 saturated carbocycles. The highest BCUT2D eigenvalue weighted by Gasteiger charge is 2.35. The minimum Gasteiger partial charge on any atom is -0.305 e. The fourth-order valence-corrected chi connectivity index (χ4v) is 4.58. The van der Waals surface area contributed by atoms with Crippen molar-refractivity contribution in [3.8, 4) is 0 Å². The van der Waals surface area contributed by atoms with Crippen molar-refractivity contribution in [3.63, 3.8) is 0 Å². The fraction of sp³-hybridized carbons (Fsp3) is 0.381. The molecule has 1 saturated heterocycles. The summed E-state index contributed by atoms with van der Waals surface area (Å²) in [6, 6.07) is 12.5. The summed E-state index contributed by atoms with van der Waals surface area (Å²) in [7, 11) is 0. The second kappa shape index (κ2) is 6.93. The van der Waals surface area contributed by atoms with Gasteiger partial charge in [-0.05, 0) is 29.5 Å². The van der Waals surface area contributed by atoms with Crippen LogP contribution < -0.4 is 5.69 Å². The van der Waals surface area contributed by atoms with Gasteiger partial charge in [0, 0.05) is 25.7 Å². The number of H-pyrrole nitrogens is 1. The molecule has 1 fully saturated rings. The molecule has 4 rings (SSSR count). The van der Waals surface area contributed by atoms with E-state index >= 15 is 0 Å². The Kier molecular flexibility index (Phi) is 4.60. The lowest BCUT2D eigenvalue weighted by atomic mass is 9.85. The number of halogens is 2. The van der Waals surface area contributed by atoms with Crippen molar-refractivity contribution in [2.75, 3.05) is 13.1 Å². The predicted molar refractivity (Wildman–Crippen MR) is 102 cm³/mol. The van der Waals surface area contributed by atoms with Crippen LogP contribution in [0.5, 0.6) is 0 Å². The number of piperidine rings is 1. The normalized spacial score (nSPS) is 23.8. The van der Waals surface area contributed by atoms with Gasteiger partial charge in [-0.15, -0.1) is 0 Å². The van der Waals surface area contributed by atoms with E-state index in [-0.39, 0.29) is 29.1 Å². The van der Waals surface area contributed by atoms with Gasteiger partial charge in [0.05, 0.1) is 5.52 Å².